The fraction of sp³-hybridized carbons (Fsp3) is 0.438. The maximum Gasteiger partial charge on any atom is 0.309 e. The second kappa shape index (κ2) is 6.17. The van der Waals surface area contributed by atoms with Crippen LogP contribution in [0.2, 0.25) is 0 Å². The van der Waals surface area contributed by atoms with E-state index in [4.69, 9.17) is 4.74 Å². The Morgan fingerprint density at radius 1 is 1.32 bits per heavy atom. The zero-order chi connectivity index (χ0) is 15.5. The molecule has 0 radical (unpaired) electrons. The molecule has 2 heterocycles. The second-order valence-electron chi connectivity index (χ2n) is 5.42. The van der Waals surface area contributed by atoms with Crippen LogP contribution in [-0.4, -0.2) is 46.4 Å². The smallest absolute Gasteiger partial charge is 0.309 e. The summed E-state index contributed by atoms with van der Waals surface area (Å²) < 4.78 is 5.04. The summed E-state index contributed by atoms with van der Waals surface area (Å²) in [6.07, 6.45) is 1.29. The van der Waals surface area contributed by atoms with E-state index in [1.54, 1.807) is 11.8 Å². The largest absolute Gasteiger partial charge is 0.466 e. The lowest BCUT2D eigenvalue weighted by Crippen LogP contribution is -2.41. The maximum atomic E-state index is 12.5. The van der Waals surface area contributed by atoms with E-state index in [-0.39, 0.29) is 17.8 Å². The minimum absolute atomic E-state index is 0.0975. The van der Waals surface area contributed by atoms with Crippen LogP contribution in [0.1, 0.15) is 30.4 Å². The third-order valence-corrected chi connectivity index (χ3v) is 3.99. The number of piperidine rings is 1. The molecule has 0 bridgehead atoms. The van der Waals surface area contributed by atoms with Crippen LogP contribution in [-0.2, 0) is 9.53 Å². The number of nitrogens with one attached hydrogen (secondary N) is 1. The third kappa shape index (κ3) is 2.81. The predicted molar refractivity (Wildman–Crippen MR) is 81.4 cm³/mol. The van der Waals surface area contributed by atoms with E-state index < -0.39 is 0 Å². The molecule has 1 fully saturated rings. The van der Waals surface area contributed by atoms with Gasteiger partial charge in [-0.25, -0.2) is 4.98 Å². The van der Waals surface area contributed by atoms with Crippen LogP contribution >= 0.6 is 0 Å². The SMILES string of the molecule is CCOC(=O)C1CCN(C(=O)c2nc3ccccc3[nH]2)CC1. The lowest BCUT2D eigenvalue weighted by molar-refractivity contribution is -0.149. The van der Waals surface area contributed by atoms with Gasteiger partial charge in [-0.15, -0.1) is 0 Å². The topological polar surface area (TPSA) is 75.3 Å². The number of hydrogen-bond acceptors (Lipinski definition) is 4. The molecular weight excluding hydrogens is 282 g/mol. The van der Waals surface area contributed by atoms with Crippen molar-refractivity contribution in [1.29, 1.82) is 0 Å². The van der Waals surface area contributed by atoms with Crippen molar-refractivity contribution >= 4 is 22.9 Å². The molecule has 0 saturated carbocycles. The quantitative estimate of drug-likeness (QED) is 0.880. The summed E-state index contributed by atoms with van der Waals surface area (Å²) in [6.45, 7) is 3.31. The molecule has 0 unspecified atom stereocenters. The van der Waals surface area contributed by atoms with Gasteiger partial charge in [0.2, 0.25) is 0 Å². The van der Waals surface area contributed by atoms with Gasteiger partial charge < -0.3 is 14.6 Å². The molecule has 1 aliphatic heterocycles. The second-order valence-corrected chi connectivity index (χ2v) is 5.42. The monoisotopic (exact) mass is 301 g/mol. The first kappa shape index (κ1) is 14.6. The van der Waals surface area contributed by atoms with Gasteiger partial charge in [-0.2, -0.15) is 0 Å². The highest BCUT2D eigenvalue weighted by Gasteiger charge is 2.29. The van der Waals surface area contributed by atoms with Gasteiger partial charge in [0, 0.05) is 13.1 Å². The van der Waals surface area contributed by atoms with Crippen molar-refractivity contribution in [1.82, 2.24) is 14.9 Å². The van der Waals surface area contributed by atoms with Gasteiger partial charge in [-0.05, 0) is 31.9 Å². The van der Waals surface area contributed by atoms with E-state index in [1.165, 1.54) is 0 Å². The molecule has 1 aromatic carbocycles. The fourth-order valence-electron chi connectivity index (χ4n) is 2.78. The molecule has 22 heavy (non-hydrogen) atoms. The van der Waals surface area contributed by atoms with E-state index in [1.807, 2.05) is 24.3 Å². The predicted octanol–water partition coefficient (Wildman–Crippen LogP) is 1.98. The molecule has 1 saturated heterocycles. The Morgan fingerprint density at radius 2 is 2.05 bits per heavy atom. The lowest BCUT2D eigenvalue weighted by atomic mass is 9.97. The highest BCUT2D eigenvalue weighted by Crippen LogP contribution is 2.20. The van der Waals surface area contributed by atoms with Crippen molar-refractivity contribution in [3.63, 3.8) is 0 Å². The average molecular weight is 301 g/mol. The summed E-state index contributed by atoms with van der Waals surface area (Å²) in [4.78, 5) is 33.3. The van der Waals surface area contributed by atoms with Gasteiger partial charge in [0.25, 0.3) is 5.91 Å². The van der Waals surface area contributed by atoms with Crippen molar-refractivity contribution in [2.24, 2.45) is 5.92 Å². The number of carbonyl (C=O) groups is 2. The van der Waals surface area contributed by atoms with Gasteiger partial charge in [-0.1, -0.05) is 12.1 Å². The molecule has 0 spiro atoms. The van der Waals surface area contributed by atoms with Gasteiger partial charge >= 0.3 is 5.97 Å². The van der Waals surface area contributed by atoms with Crippen molar-refractivity contribution in [3.05, 3.63) is 30.1 Å². The number of ether oxygens (including phenoxy) is 1. The molecule has 0 atom stereocenters. The number of esters is 1. The van der Waals surface area contributed by atoms with Crippen molar-refractivity contribution < 1.29 is 14.3 Å². The van der Waals surface area contributed by atoms with Crippen LogP contribution in [0.5, 0.6) is 0 Å². The molecule has 2 aromatic rings. The summed E-state index contributed by atoms with van der Waals surface area (Å²) in [6, 6.07) is 7.56. The number of likely N-dealkylation sites (tertiary alicyclic amines) is 1. The van der Waals surface area contributed by atoms with Crippen LogP contribution in [0.15, 0.2) is 24.3 Å². The Morgan fingerprint density at radius 3 is 2.73 bits per heavy atom. The van der Waals surface area contributed by atoms with Gasteiger partial charge in [-0.3, -0.25) is 9.59 Å². The Labute approximate surface area is 128 Å². The summed E-state index contributed by atoms with van der Waals surface area (Å²) in [5.41, 5.74) is 1.64. The van der Waals surface area contributed by atoms with Crippen LogP contribution < -0.4 is 0 Å². The van der Waals surface area contributed by atoms with Crippen molar-refractivity contribution in [2.45, 2.75) is 19.8 Å². The van der Waals surface area contributed by atoms with Gasteiger partial charge in [0.1, 0.15) is 0 Å². The summed E-state index contributed by atoms with van der Waals surface area (Å²) in [7, 11) is 0. The number of nitrogens with zero attached hydrogens (tertiary/aromatic N) is 2. The first-order valence-corrected chi connectivity index (χ1v) is 7.59. The van der Waals surface area contributed by atoms with Crippen molar-refractivity contribution in [2.75, 3.05) is 19.7 Å². The van der Waals surface area contributed by atoms with Crippen LogP contribution in [0.25, 0.3) is 11.0 Å². The molecule has 1 aliphatic rings. The van der Waals surface area contributed by atoms with E-state index in [2.05, 4.69) is 9.97 Å². The zero-order valence-electron chi connectivity index (χ0n) is 12.5. The minimum Gasteiger partial charge on any atom is -0.466 e. The van der Waals surface area contributed by atoms with Crippen molar-refractivity contribution in [3.8, 4) is 0 Å². The normalized spacial score (nSPS) is 16.0. The highest BCUT2D eigenvalue weighted by molar-refractivity contribution is 5.94. The number of fused-ring (bicyclic) bond motifs is 1. The number of carbonyl (C=O) groups excluding carboxylic acids is 2. The number of aromatic nitrogens is 2. The van der Waals surface area contributed by atoms with E-state index in [9.17, 15) is 9.59 Å². The molecule has 1 N–H and O–H groups in total. The molecular formula is C16H19N3O3. The standard InChI is InChI=1S/C16H19N3O3/c1-2-22-16(21)11-7-9-19(10-8-11)15(20)14-17-12-5-3-4-6-13(12)18-14/h3-6,11H,2,7-10H2,1H3,(H,17,18). The van der Waals surface area contributed by atoms with E-state index in [0.29, 0.717) is 38.4 Å². The zero-order valence-corrected chi connectivity index (χ0v) is 12.5. The summed E-state index contributed by atoms with van der Waals surface area (Å²) in [5, 5.41) is 0. The first-order chi connectivity index (χ1) is 10.7. The first-order valence-electron chi connectivity index (χ1n) is 7.59. The minimum atomic E-state index is -0.154. The number of rotatable bonds is 3. The average Bonchev–Trinajstić information content (AvgIpc) is 2.98. The molecule has 6 heteroatoms. The molecule has 6 nitrogen and oxygen atoms in total. The molecule has 3 rings (SSSR count). The third-order valence-electron chi connectivity index (χ3n) is 3.99. The molecule has 0 aliphatic carbocycles. The Hall–Kier alpha value is -2.37. The molecule has 1 amide bonds. The van der Waals surface area contributed by atoms with Gasteiger partial charge in [0.05, 0.1) is 23.6 Å². The number of imidazole rings is 1. The number of hydrogen-bond donors (Lipinski definition) is 1. The van der Waals surface area contributed by atoms with E-state index >= 15 is 0 Å². The van der Waals surface area contributed by atoms with Crippen LogP contribution in [0.4, 0.5) is 0 Å². The number of para-hydroxylation sites is 2. The summed E-state index contributed by atoms with van der Waals surface area (Å²) in [5.74, 6) is -0.00713. The fourth-order valence-corrected chi connectivity index (χ4v) is 2.78. The van der Waals surface area contributed by atoms with E-state index in [0.717, 1.165) is 11.0 Å². The lowest BCUT2D eigenvalue weighted by Gasteiger charge is -2.30. The Bertz CT molecular complexity index is 654. The van der Waals surface area contributed by atoms with Crippen LogP contribution in [0.3, 0.4) is 0 Å². The number of amides is 1. The van der Waals surface area contributed by atoms with Gasteiger partial charge in [0.15, 0.2) is 5.82 Å². The Balaban J connectivity index is 1.65. The molecule has 116 valence electrons. The summed E-state index contributed by atoms with van der Waals surface area (Å²) >= 11 is 0. The molecule has 1 aromatic heterocycles. The highest BCUT2D eigenvalue weighted by atomic mass is 16.5. The number of benzene rings is 1. The maximum absolute atomic E-state index is 12.5. The number of aromatic amines is 1. The van der Waals surface area contributed by atoms with Crippen LogP contribution in [0, 0.1) is 5.92 Å². The number of H-pyrrole nitrogens is 1. The Kier molecular flexibility index (Phi) is 4.09.